The van der Waals surface area contributed by atoms with Crippen LogP contribution < -0.4 is 10.3 Å². The summed E-state index contributed by atoms with van der Waals surface area (Å²) in [7, 11) is 1.53. The van der Waals surface area contributed by atoms with Gasteiger partial charge in [0, 0.05) is 13.1 Å². The first kappa shape index (κ1) is 18.7. The highest BCUT2D eigenvalue weighted by molar-refractivity contribution is 8.23. The Morgan fingerprint density at radius 3 is 2.67 bits per heavy atom. The summed E-state index contributed by atoms with van der Waals surface area (Å²) in [4.78, 5) is 37.2. The molecule has 1 aliphatic heterocycles. The number of H-pyrrole nitrogens is 1. The fraction of sp³-hybridized carbons (Fsp3) is 0.643. The van der Waals surface area contributed by atoms with Crippen molar-refractivity contribution in [3.05, 3.63) is 16.1 Å². The number of Topliss-reactive ketones (excluding diaryl/α,β-unsaturated/α-hetero) is 1. The highest BCUT2D eigenvalue weighted by Crippen LogP contribution is 2.22. The molecule has 2 rings (SSSR count). The fourth-order valence-electron chi connectivity index (χ4n) is 2.49. The van der Waals surface area contributed by atoms with Crippen molar-refractivity contribution in [2.75, 3.05) is 25.4 Å². The number of hydrogen-bond donors (Lipinski definition) is 1. The minimum Gasteiger partial charge on any atom is -0.466 e. The lowest BCUT2D eigenvalue weighted by Gasteiger charge is -2.32. The Hall–Kier alpha value is -1.68. The van der Waals surface area contributed by atoms with E-state index in [0.717, 1.165) is 0 Å². The van der Waals surface area contributed by atoms with E-state index in [1.165, 1.54) is 23.5 Å². The first-order valence-electron chi connectivity index (χ1n) is 7.63. The number of aromatic amines is 1. The van der Waals surface area contributed by atoms with Crippen LogP contribution in [-0.2, 0) is 16.6 Å². The lowest BCUT2D eigenvalue weighted by Crippen LogP contribution is -2.41. The Morgan fingerprint density at radius 1 is 1.46 bits per heavy atom. The molecule has 1 saturated heterocycles. The predicted octanol–water partition coefficient (Wildman–Crippen LogP) is 0.268. The van der Waals surface area contributed by atoms with Gasteiger partial charge >= 0.3 is 17.3 Å². The number of thiocarbonyl (C=S) groups is 1. The van der Waals surface area contributed by atoms with Gasteiger partial charge in [-0.1, -0.05) is 28.7 Å². The van der Waals surface area contributed by atoms with E-state index in [1.807, 2.05) is 4.90 Å². The van der Waals surface area contributed by atoms with Gasteiger partial charge in [-0.15, -0.1) is 0 Å². The second-order valence-corrected chi connectivity index (χ2v) is 6.99. The third-order valence-corrected chi connectivity index (χ3v) is 5.29. The molecule has 8 nitrogen and oxygen atoms in total. The average molecular weight is 374 g/mol. The molecule has 0 spiro atoms. The summed E-state index contributed by atoms with van der Waals surface area (Å²) >= 11 is 6.56. The second-order valence-electron chi connectivity index (χ2n) is 5.38. The summed E-state index contributed by atoms with van der Waals surface area (Å²) in [6.07, 6.45) is 1.37. The molecule has 0 aromatic carbocycles. The zero-order chi connectivity index (χ0) is 17.7. The number of carbonyl (C=O) groups excluding carboxylic acids is 2. The van der Waals surface area contributed by atoms with Gasteiger partial charge in [0.15, 0.2) is 7.05 Å². The lowest BCUT2D eigenvalue weighted by molar-refractivity contribution is -0.741. The number of ketones is 1. The Bertz CT molecular complexity index is 676. The fourth-order valence-corrected chi connectivity index (χ4v) is 3.60. The molecule has 132 valence electrons. The number of thioether (sulfide) groups is 1. The molecule has 0 saturated carbocycles. The first-order valence-corrected chi connectivity index (χ1v) is 9.02. The monoisotopic (exact) mass is 374 g/mol. The van der Waals surface area contributed by atoms with E-state index in [4.69, 9.17) is 17.0 Å². The smallest absolute Gasteiger partial charge is 0.438 e. The first-order chi connectivity index (χ1) is 11.4. The van der Waals surface area contributed by atoms with Crippen molar-refractivity contribution in [1.29, 1.82) is 0 Å². The highest BCUT2D eigenvalue weighted by atomic mass is 32.2. The molecular weight excluding hydrogens is 354 g/mol. The van der Waals surface area contributed by atoms with E-state index in [2.05, 4.69) is 9.79 Å². The van der Waals surface area contributed by atoms with Crippen LogP contribution >= 0.6 is 24.0 Å². The molecule has 0 bridgehead atoms. The van der Waals surface area contributed by atoms with Gasteiger partial charge in [0.1, 0.15) is 4.32 Å². The molecule has 0 radical (unpaired) electrons. The summed E-state index contributed by atoms with van der Waals surface area (Å²) in [5.74, 6) is -0.523. The number of aromatic nitrogens is 2. The summed E-state index contributed by atoms with van der Waals surface area (Å²) in [5, 5.41) is 2.31. The van der Waals surface area contributed by atoms with Crippen LogP contribution in [0.1, 0.15) is 30.3 Å². The van der Waals surface area contributed by atoms with Crippen molar-refractivity contribution < 1.29 is 23.5 Å². The Balaban J connectivity index is 1.81. The molecule has 0 unspecified atom stereocenters. The molecule has 1 aromatic rings. The Morgan fingerprint density at radius 2 is 2.12 bits per heavy atom. The molecule has 0 atom stereocenters. The van der Waals surface area contributed by atoms with E-state index >= 15 is 0 Å². The third kappa shape index (κ3) is 4.44. The topological polar surface area (TPSA) is 96.5 Å². The maximum absolute atomic E-state index is 12.1. The normalized spacial score (nSPS) is 15.3. The van der Waals surface area contributed by atoms with E-state index in [9.17, 15) is 14.4 Å². The number of esters is 1. The number of likely N-dealkylation sites (tertiary alicyclic amines) is 1. The highest BCUT2D eigenvalue weighted by Gasteiger charge is 2.29. The number of carbonyl (C=O) groups is 2. The van der Waals surface area contributed by atoms with Crippen molar-refractivity contribution >= 4 is 40.1 Å². The molecule has 0 aliphatic carbocycles. The molecule has 2 heterocycles. The van der Waals surface area contributed by atoms with Gasteiger partial charge in [0.25, 0.3) is 0 Å². The molecule has 10 heteroatoms. The SMILES string of the molecule is CCOC(=O)C1CCN(C(=S)SCC(=O)c2c(=O)o[nH][n+]2C)CC1. The minimum absolute atomic E-state index is 0.0358. The molecule has 0 amide bonds. The van der Waals surface area contributed by atoms with E-state index < -0.39 is 5.63 Å². The zero-order valence-corrected chi connectivity index (χ0v) is 15.2. The van der Waals surface area contributed by atoms with Crippen LogP contribution in [0, 0.1) is 5.92 Å². The summed E-state index contributed by atoms with van der Waals surface area (Å²) in [6.45, 7) is 3.49. The van der Waals surface area contributed by atoms with Crippen molar-refractivity contribution in [1.82, 2.24) is 10.2 Å². The Labute approximate surface area is 148 Å². The number of ether oxygens (including phenoxy) is 1. The van der Waals surface area contributed by atoms with E-state index in [1.54, 1.807) is 6.92 Å². The minimum atomic E-state index is -0.690. The predicted molar refractivity (Wildman–Crippen MR) is 90.8 cm³/mol. The number of nitrogens with one attached hydrogen (secondary N) is 1. The van der Waals surface area contributed by atoms with Crippen LogP contribution in [0.2, 0.25) is 0 Å². The number of aryl methyl sites for hydroxylation is 1. The van der Waals surface area contributed by atoms with E-state index in [-0.39, 0.29) is 29.1 Å². The van der Waals surface area contributed by atoms with Gasteiger partial charge in [-0.2, -0.15) is 0 Å². The van der Waals surface area contributed by atoms with Crippen molar-refractivity contribution in [2.24, 2.45) is 13.0 Å². The Kier molecular flexibility index (Phi) is 6.55. The maximum atomic E-state index is 12.1. The van der Waals surface area contributed by atoms with Gasteiger partial charge in [-0.3, -0.25) is 14.1 Å². The second kappa shape index (κ2) is 8.43. The molecule has 1 aliphatic rings. The number of piperidine rings is 1. The van der Waals surface area contributed by atoms with Crippen molar-refractivity contribution in [3.63, 3.8) is 0 Å². The largest absolute Gasteiger partial charge is 0.466 e. The molecule has 1 fully saturated rings. The standard InChI is InChI=1S/C14H19N3O5S2/c1-3-21-12(19)9-4-6-17(7-5-9)14(23)24-8-10(18)11-13(20)22-15-16(11)2/h9H,3-8H2,1-2H3/p+1. The summed E-state index contributed by atoms with van der Waals surface area (Å²) < 4.78 is 11.4. The molecule has 24 heavy (non-hydrogen) atoms. The summed E-state index contributed by atoms with van der Waals surface area (Å²) in [5.41, 5.74) is -0.726. The number of rotatable bonds is 5. The quantitative estimate of drug-likeness (QED) is 0.340. The average Bonchev–Trinajstić information content (AvgIpc) is 2.91. The van der Waals surface area contributed by atoms with Crippen LogP contribution in [0.15, 0.2) is 9.32 Å². The summed E-state index contributed by atoms with van der Waals surface area (Å²) in [6, 6.07) is 0. The molecule has 1 aromatic heterocycles. The van der Waals surface area contributed by atoms with Gasteiger partial charge in [0.2, 0.25) is 5.78 Å². The van der Waals surface area contributed by atoms with Crippen LogP contribution in [0.5, 0.6) is 0 Å². The van der Waals surface area contributed by atoms with E-state index in [0.29, 0.717) is 36.9 Å². The van der Waals surface area contributed by atoms with Gasteiger partial charge in [-0.05, 0) is 25.0 Å². The lowest BCUT2D eigenvalue weighted by atomic mass is 9.97. The molecular formula is C14H20N3O5S2+. The van der Waals surface area contributed by atoms with Gasteiger partial charge < -0.3 is 9.64 Å². The van der Waals surface area contributed by atoms with Crippen molar-refractivity contribution in [2.45, 2.75) is 19.8 Å². The van der Waals surface area contributed by atoms with Crippen molar-refractivity contribution in [3.8, 4) is 0 Å². The molecule has 1 N–H and O–H groups in total. The van der Waals surface area contributed by atoms with Crippen LogP contribution in [0.25, 0.3) is 0 Å². The third-order valence-electron chi connectivity index (χ3n) is 3.77. The number of nitrogens with zero attached hydrogens (tertiary/aromatic N) is 2. The van der Waals surface area contributed by atoms with Gasteiger partial charge in [-0.25, -0.2) is 4.79 Å². The van der Waals surface area contributed by atoms with Gasteiger partial charge in [0.05, 0.1) is 18.3 Å². The maximum Gasteiger partial charge on any atom is 0.438 e. The van der Waals surface area contributed by atoms with Crippen LogP contribution in [0.3, 0.4) is 0 Å². The van der Waals surface area contributed by atoms with Crippen LogP contribution in [-0.4, -0.2) is 51.7 Å². The van der Waals surface area contributed by atoms with Crippen LogP contribution in [0.4, 0.5) is 0 Å². The zero-order valence-electron chi connectivity index (χ0n) is 13.6. The number of hydrogen-bond acceptors (Lipinski definition) is 7.